The number of amides is 1. The average Bonchev–Trinajstić information content (AvgIpc) is 2.89. The molecule has 112 valence electrons. The number of para-hydroxylation sites is 1. The molecular formula is C15H19N3O2S. The SMILES string of the molecule is CCC(C)c1ccccc1OCC(=O)Nc1nnc(C)s1. The first kappa shape index (κ1) is 15.4. The molecular weight excluding hydrogens is 286 g/mol. The maximum atomic E-state index is 11.8. The Balaban J connectivity index is 1.95. The van der Waals surface area contributed by atoms with E-state index in [9.17, 15) is 4.79 Å². The molecule has 0 spiro atoms. The van der Waals surface area contributed by atoms with Crippen LogP contribution in [0.4, 0.5) is 5.13 Å². The second kappa shape index (κ2) is 7.17. The minimum atomic E-state index is -0.231. The Hall–Kier alpha value is -1.95. The third-order valence-corrected chi connectivity index (χ3v) is 3.95. The number of nitrogens with one attached hydrogen (secondary N) is 1. The van der Waals surface area contributed by atoms with Crippen LogP contribution in [0.3, 0.4) is 0 Å². The van der Waals surface area contributed by atoms with Crippen LogP contribution in [0, 0.1) is 6.92 Å². The first-order valence-corrected chi connectivity index (χ1v) is 7.73. The number of carbonyl (C=O) groups is 1. The van der Waals surface area contributed by atoms with Crippen LogP contribution in [0.1, 0.15) is 36.8 Å². The van der Waals surface area contributed by atoms with Gasteiger partial charge in [0, 0.05) is 0 Å². The third-order valence-electron chi connectivity index (χ3n) is 3.19. The molecule has 0 saturated heterocycles. The molecule has 1 aromatic heterocycles. The molecule has 1 N–H and O–H groups in total. The van der Waals surface area contributed by atoms with Crippen molar-refractivity contribution in [3.8, 4) is 5.75 Å². The maximum Gasteiger partial charge on any atom is 0.264 e. The molecule has 21 heavy (non-hydrogen) atoms. The van der Waals surface area contributed by atoms with Gasteiger partial charge in [0.05, 0.1) is 0 Å². The number of aromatic nitrogens is 2. The van der Waals surface area contributed by atoms with E-state index in [0.717, 1.165) is 22.7 Å². The van der Waals surface area contributed by atoms with Crippen molar-refractivity contribution in [3.05, 3.63) is 34.8 Å². The van der Waals surface area contributed by atoms with Crippen LogP contribution in [0.15, 0.2) is 24.3 Å². The first-order chi connectivity index (χ1) is 10.1. The number of benzene rings is 1. The van der Waals surface area contributed by atoms with Crippen molar-refractivity contribution in [2.24, 2.45) is 0 Å². The highest BCUT2D eigenvalue weighted by atomic mass is 32.1. The van der Waals surface area contributed by atoms with E-state index >= 15 is 0 Å². The van der Waals surface area contributed by atoms with Crippen molar-refractivity contribution in [1.29, 1.82) is 0 Å². The fourth-order valence-electron chi connectivity index (χ4n) is 1.88. The smallest absolute Gasteiger partial charge is 0.264 e. The molecule has 1 unspecified atom stereocenters. The minimum absolute atomic E-state index is 0.0356. The van der Waals surface area contributed by atoms with Crippen LogP contribution in [0.2, 0.25) is 0 Å². The van der Waals surface area contributed by atoms with Gasteiger partial charge in [-0.15, -0.1) is 10.2 Å². The zero-order chi connectivity index (χ0) is 15.2. The normalized spacial score (nSPS) is 12.0. The van der Waals surface area contributed by atoms with Crippen molar-refractivity contribution < 1.29 is 9.53 Å². The van der Waals surface area contributed by atoms with Crippen LogP contribution < -0.4 is 10.1 Å². The highest BCUT2D eigenvalue weighted by Crippen LogP contribution is 2.28. The second-order valence-corrected chi connectivity index (χ2v) is 5.99. The highest BCUT2D eigenvalue weighted by molar-refractivity contribution is 7.15. The van der Waals surface area contributed by atoms with Gasteiger partial charge < -0.3 is 4.74 Å². The second-order valence-electron chi connectivity index (χ2n) is 4.81. The summed E-state index contributed by atoms with van der Waals surface area (Å²) in [6.07, 6.45) is 1.02. The summed E-state index contributed by atoms with van der Waals surface area (Å²) < 4.78 is 5.65. The molecule has 2 aromatic rings. The van der Waals surface area contributed by atoms with Crippen LogP contribution >= 0.6 is 11.3 Å². The molecule has 0 aliphatic rings. The van der Waals surface area contributed by atoms with Crippen LogP contribution in [-0.2, 0) is 4.79 Å². The lowest BCUT2D eigenvalue weighted by molar-refractivity contribution is -0.118. The summed E-state index contributed by atoms with van der Waals surface area (Å²) in [5.74, 6) is 0.927. The van der Waals surface area contributed by atoms with Crippen molar-refractivity contribution in [3.63, 3.8) is 0 Å². The molecule has 0 radical (unpaired) electrons. The fourth-order valence-corrected chi connectivity index (χ4v) is 2.49. The molecule has 0 aliphatic carbocycles. The highest BCUT2D eigenvalue weighted by Gasteiger charge is 2.12. The Kier molecular flexibility index (Phi) is 5.27. The quantitative estimate of drug-likeness (QED) is 0.888. The van der Waals surface area contributed by atoms with Crippen LogP contribution in [-0.4, -0.2) is 22.7 Å². The lowest BCUT2D eigenvalue weighted by atomic mass is 9.98. The molecule has 6 heteroatoms. The Morgan fingerprint density at radius 3 is 2.81 bits per heavy atom. The van der Waals surface area contributed by atoms with Gasteiger partial charge in [-0.2, -0.15) is 0 Å². The van der Waals surface area contributed by atoms with Gasteiger partial charge >= 0.3 is 0 Å². The predicted molar refractivity (Wildman–Crippen MR) is 83.9 cm³/mol. The van der Waals surface area contributed by atoms with Gasteiger partial charge in [0.2, 0.25) is 5.13 Å². The summed E-state index contributed by atoms with van der Waals surface area (Å²) in [6.45, 7) is 6.08. The monoisotopic (exact) mass is 305 g/mol. The van der Waals surface area contributed by atoms with E-state index in [1.165, 1.54) is 11.3 Å². The van der Waals surface area contributed by atoms with E-state index in [0.29, 0.717) is 11.0 Å². The van der Waals surface area contributed by atoms with Crippen LogP contribution in [0.5, 0.6) is 5.75 Å². The summed E-state index contributed by atoms with van der Waals surface area (Å²) in [5.41, 5.74) is 1.12. The molecule has 0 fully saturated rings. The van der Waals surface area contributed by atoms with E-state index in [1.54, 1.807) is 0 Å². The number of anilines is 1. The number of aryl methyl sites for hydroxylation is 1. The number of hydrogen-bond donors (Lipinski definition) is 1. The van der Waals surface area contributed by atoms with E-state index < -0.39 is 0 Å². The summed E-state index contributed by atoms with van der Waals surface area (Å²) in [5, 5.41) is 11.7. The van der Waals surface area contributed by atoms with Crippen molar-refractivity contribution in [1.82, 2.24) is 10.2 Å². The number of ether oxygens (including phenoxy) is 1. The molecule has 5 nitrogen and oxygen atoms in total. The van der Waals surface area contributed by atoms with Gasteiger partial charge in [-0.3, -0.25) is 10.1 Å². The first-order valence-electron chi connectivity index (χ1n) is 6.91. The average molecular weight is 305 g/mol. The molecule has 1 aromatic carbocycles. The summed E-state index contributed by atoms with van der Waals surface area (Å²) in [6, 6.07) is 7.82. The molecule has 2 rings (SSSR count). The Bertz CT molecular complexity index is 612. The Labute approximate surface area is 128 Å². The standard InChI is InChI=1S/C15H19N3O2S/c1-4-10(2)12-7-5-6-8-13(12)20-9-14(19)16-15-18-17-11(3)21-15/h5-8,10H,4,9H2,1-3H3,(H,16,18,19). The molecule has 0 aliphatic heterocycles. The summed E-state index contributed by atoms with van der Waals surface area (Å²) in [7, 11) is 0. The van der Waals surface area contributed by atoms with Gasteiger partial charge in [0.1, 0.15) is 10.8 Å². The molecule has 0 bridgehead atoms. The summed E-state index contributed by atoms with van der Waals surface area (Å²) >= 11 is 1.34. The number of nitrogens with zero attached hydrogens (tertiary/aromatic N) is 2. The van der Waals surface area contributed by atoms with E-state index in [4.69, 9.17) is 4.74 Å². The van der Waals surface area contributed by atoms with Gasteiger partial charge in [0.15, 0.2) is 6.61 Å². The fraction of sp³-hybridized carbons (Fsp3) is 0.400. The van der Waals surface area contributed by atoms with E-state index in [2.05, 4.69) is 29.4 Å². The van der Waals surface area contributed by atoms with E-state index in [1.807, 2.05) is 31.2 Å². The summed E-state index contributed by atoms with van der Waals surface area (Å²) in [4.78, 5) is 11.8. The Morgan fingerprint density at radius 1 is 1.38 bits per heavy atom. The zero-order valence-electron chi connectivity index (χ0n) is 12.4. The van der Waals surface area contributed by atoms with Crippen molar-refractivity contribution >= 4 is 22.4 Å². The maximum absolute atomic E-state index is 11.8. The van der Waals surface area contributed by atoms with Gasteiger partial charge in [-0.1, -0.05) is 43.4 Å². The molecule has 0 saturated carbocycles. The Morgan fingerprint density at radius 2 is 2.14 bits per heavy atom. The van der Waals surface area contributed by atoms with Gasteiger partial charge in [-0.05, 0) is 30.9 Å². The molecule has 1 amide bonds. The van der Waals surface area contributed by atoms with Crippen molar-refractivity contribution in [2.75, 3.05) is 11.9 Å². The van der Waals surface area contributed by atoms with Crippen molar-refractivity contribution in [2.45, 2.75) is 33.1 Å². The van der Waals surface area contributed by atoms with Gasteiger partial charge in [-0.25, -0.2) is 0 Å². The van der Waals surface area contributed by atoms with Gasteiger partial charge in [0.25, 0.3) is 5.91 Å². The molecule has 1 atom stereocenters. The lowest BCUT2D eigenvalue weighted by Crippen LogP contribution is -2.20. The largest absolute Gasteiger partial charge is 0.483 e. The number of rotatable bonds is 6. The molecule has 1 heterocycles. The zero-order valence-corrected chi connectivity index (χ0v) is 13.2. The van der Waals surface area contributed by atoms with E-state index in [-0.39, 0.29) is 12.5 Å². The topological polar surface area (TPSA) is 64.1 Å². The lowest BCUT2D eigenvalue weighted by Gasteiger charge is -2.15. The predicted octanol–water partition coefficient (Wildman–Crippen LogP) is 3.38. The minimum Gasteiger partial charge on any atom is -0.483 e. The number of hydrogen-bond acceptors (Lipinski definition) is 5. The third kappa shape index (κ3) is 4.26. The number of carbonyl (C=O) groups excluding carboxylic acids is 1. The van der Waals surface area contributed by atoms with Crippen LogP contribution in [0.25, 0.3) is 0 Å².